The lowest BCUT2D eigenvalue weighted by atomic mass is 10.1. The van der Waals surface area contributed by atoms with Gasteiger partial charge in [-0.05, 0) is 12.1 Å². The molecule has 1 fully saturated rings. The Hall–Kier alpha value is -1.26. The van der Waals surface area contributed by atoms with Crippen LogP contribution in [0, 0.1) is 0 Å². The lowest BCUT2D eigenvalue weighted by Gasteiger charge is -2.24. The molecule has 4 heteroatoms. The number of hydrogen-bond acceptors (Lipinski definition) is 4. The Balaban J connectivity index is 1.90. The maximum Gasteiger partial charge on any atom is 0.0989 e. The summed E-state index contributed by atoms with van der Waals surface area (Å²) in [7, 11) is 0. The van der Waals surface area contributed by atoms with Gasteiger partial charge in [0.05, 0.1) is 10.7 Å². The maximum atomic E-state index is 4.65. The number of thiazole rings is 1. The van der Waals surface area contributed by atoms with Gasteiger partial charge in [0.2, 0.25) is 0 Å². The molecule has 0 aliphatic carbocycles. The van der Waals surface area contributed by atoms with Crippen LogP contribution in [0.15, 0.2) is 29.9 Å². The molecule has 1 aliphatic heterocycles. The zero-order valence-electron chi connectivity index (χ0n) is 8.18. The minimum atomic E-state index is 0.630. The normalized spacial score (nSPS) is 16.3. The molecule has 2 aromatic rings. The molecular formula is C11H11N3S. The van der Waals surface area contributed by atoms with Gasteiger partial charge >= 0.3 is 0 Å². The van der Waals surface area contributed by atoms with Crippen LogP contribution in [0.1, 0.15) is 10.9 Å². The van der Waals surface area contributed by atoms with Crippen LogP contribution in [-0.4, -0.2) is 23.1 Å². The second-order valence-corrected chi connectivity index (χ2v) is 4.55. The summed E-state index contributed by atoms with van der Waals surface area (Å²) in [6, 6.07) is 4.00. The smallest absolute Gasteiger partial charge is 0.0989 e. The average Bonchev–Trinajstić information content (AvgIpc) is 2.66. The van der Waals surface area contributed by atoms with Crippen LogP contribution in [0.3, 0.4) is 0 Å². The van der Waals surface area contributed by atoms with Crippen molar-refractivity contribution in [3.8, 4) is 11.3 Å². The maximum absolute atomic E-state index is 4.65. The predicted octanol–water partition coefficient (Wildman–Crippen LogP) is 1.89. The van der Waals surface area contributed by atoms with E-state index >= 15 is 0 Å². The summed E-state index contributed by atoms with van der Waals surface area (Å²) in [6.07, 6.45) is 3.61. The van der Waals surface area contributed by atoms with Gasteiger partial charge in [0.25, 0.3) is 0 Å². The first-order chi connectivity index (χ1) is 7.43. The Morgan fingerprint density at radius 1 is 1.27 bits per heavy atom. The summed E-state index contributed by atoms with van der Waals surface area (Å²) >= 11 is 1.76. The Morgan fingerprint density at radius 2 is 2.07 bits per heavy atom. The fourth-order valence-corrected chi connectivity index (χ4v) is 2.53. The number of nitrogens with one attached hydrogen (secondary N) is 1. The summed E-state index contributed by atoms with van der Waals surface area (Å²) in [5.74, 6) is 0.630. The molecule has 0 spiro atoms. The van der Waals surface area contributed by atoms with Crippen LogP contribution in [0.2, 0.25) is 0 Å². The number of pyridine rings is 1. The Bertz CT molecular complexity index is 448. The third-order valence-corrected chi connectivity index (χ3v) is 3.64. The van der Waals surface area contributed by atoms with Crippen molar-refractivity contribution >= 4 is 11.3 Å². The van der Waals surface area contributed by atoms with Gasteiger partial charge in [-0.25, -0.2) is 4.98 Å². The highest BCUT2D eigenvalue weighted by molar-refractivity contribution is 7.10. The molecule has 3 rings (SSSR count). The molecule has 1 aliphatic rings. The van der Waals surface area contributed by atoms with Gasteiger partial charge < -0.3 is 5.32 Å². The molecule has 0 saturated carbocycles. The Morgan fingerprint density at radius 3 is 2.73 bits per heavy atom. The SMILES string of the molecule is c1cc(-c2csc(C3CNC3)n2)ccn1. The van der Waals surface area contributed by atoms with Gasteiger partial charge in [0.1, 0.15) is 0 Å². The molecule has 76 valence electrons. The first-order valence-corrected chi connectivity index (χ1v) is 5.88. The van der Waals surface area contributed by atoms with E-state index < -0.39 is 0 Å². The molecule has 1 N–H and O–H groups in total. The topological polar surface area (TPSA) is 37.8 Å². The first kappa shape index (κ1) is 9.00. The quantitative estimate of drug-likeness (QED) is 0.834. The van der Waals surface area contributed by atoms with E-state index in [9.17, 15) is 0 Å². The highest BCUT2D eigenvalue weighted by Crippen LogP contribution is 2.27. The van der Waals surface area contributed by atoms with E-state index in [1.165, 1.54) is 5.01 Å². The molecule has 0 aromatic carbocycles. The van der Waals surface area contributed by atoms with E-state index in [2.05, 4.69) is 20.7 Å². The third kappa shape index (κ3) is 1.66. The predicted molar refractivity (Wildman–Crippen MR) is 61.0 cm³/mol. The summed E-state index contributed by atoms with van der Waals surface area (Å²) < 4.78 is 0. The second-order valence-electron chi connectivity index (χ2n) is 3.66. The van der Waals surface area contributed by atoms with Crippen molar-refractivity contribution in [2.45, 2.75) is 5.92 Å². The van der Waals surface area contributed by atoms with E-state index in [0.29, 0.717) is 5.92 Å². The van der Waals surface area contributed by atoms with Gasteiger partial charge in [-0.3, -0.25) is 4.98 Å². The summed E-state index contributed by atoms with van der Waals surface area (Å²) in [4.78, 5) is 8.66. The fourth-order valence-electron chi connectivity index (χ4n) is 1.59. The van der Waals surface area contributed by atoms with E-state index in [1.54, 1.807) is 23.7 Å². The standard InChI is InChI=1S/C11H11N3S/c1-3-12-4-2-8(1)10-7-15-11(14-10)9-5-13-6-9/h1-4,7,9,13H,5-6H2. The van der Waals surface area contributed by atoms with Crippen LogP contribution >= 0.6 is 11.3 Å². The minimum absolute atomic E-state index is 0.630. The number of nitrogens with zero attached hydrogens (tertiary/aromatic N) is 2. The van der Waals surface area contributed by atoms with Crippen LogP contribution in [0.4, 0.5) is 0 Å². The summed E-state index contributed by atoms with van der Waals surface area (Å²) in [6.45, 7) is 2.15. The highest BCUT2D eigenvalue weighted by atomic mass is 32.1. The van der Waals surface area contributed by atoms with Gasteiger partial charge in [0.15, 0.2) is 0 Å². The minimum Gasteiger partial charge on any atom is -0.315 e. The second kappa shape index (κ2) is 3.72. The van der Waals surface area contributed by atoms with Gasteiger partial charge in [-0.2, -0.15) is 0 Å². The van der Waals surface area contributed by atoms with Crippen molar-refractivity contribution in [1.82, 2.24) is 15.3 Å². The molecule has 0 unspecified atom stereocenters. The van der Waals surface area contributed by atoms with E-state index in [4.69, 9.17) is 0 Å². The van der Waals surface area contributed by atoms with E-state index in [1.807, 2.05) is 12.1 Å². The average molecular weight is 217 g/mol. The molecule has 1 saturated heterocycles. The molecule has 0 atom stereocenters. The summed E-state index contributed by atoms with van der Waals surface area (Å²) in [5.41, 5.74) is 2.23. The van der Waals surface area contributed by atoms with Crippen molar-refractivity contribution in [1.29, 1.82) is 0 Å². The van der Waals surface area contributed by atoms with Crippen LogP contribution in [0.5, 0.6) is 0 Å². The van der Waals surface area contributed by atoms with E-state index in [0.717, 1.165) is 24.3 Å². The number of hydrogen-bond donors (Lipinski definition) is 1. The lowest BCUT2D eigenvalue weighted by Crippen LogP contribution is -2.39. The van der Waals surface area contributed by atoms with Crippen molar-refractivity contribution in [2.75, 3.05) is 13.1 Å². The Labute approximate surface area is 92.2 Å². The highest BCUT2D eigenvalue weighted by Gasteiger charge is 2.22. The molecular weight excluding hydrogens is 206 g/mol. The Kier molecular flexibility index (Phi) is 2.23. The first-order valence-electron chi connectivity index (χ1n) is 5.00. The zero-order valence-corrected chi connectivity index (χ0v) is 9.00. The molecule has 0 radical (unpaired) electrons. The van der Waals surface area contributed by atoms with Gasteiger partial charge in [0, 0.05) is 42.3 Å². The van der Waals surface area contributed by atoms with Gasteiger partial charge in [-0.15, -0.1) is 11.3 Å². The summed E-state index contributed by atoms with van der Waals surface area (Å²) in [5, 5.41) is 6.64. The monoisotopic (exact) mass is 217 g/mol. The van der Waals surface area contributed by atoms with Crippen molar-refractivity contribution in [3.63, 3.8) is 0 Å². The fraction of sp³-hybridized carbons (Fsp3) is 0.273. The lowest BCUT2D eigenvalue weighted by molar-refractivity contribution is 0.447. The van der Waals surface area contributed by atoms with Crippen LogP contribution < -0.4 is 5.32 Å². The zero-order chi connectivity index (χ0) is 10.1. The molecule has 0 amide bonds. The number of aromatic nitrogens is 2. The molecule has 3 heterocycles. The molecule has 3 nitrogen and oxygen atoms in total. The molecule has 2 aromatic heterocycles. The molecule has 0 bridgehead atoms. The van der Waals surface area contributed by atoms with Crippen molar-refractivity contribution in [3.05, 3.63) is 34.9 Å². The largest absolute Gasteiger partial charge is 0.315 e. The van der Waals surface area contributed by atoms with Crippen molar-refractivity contribution < 1.29 is 0 Å². The molecule has 15 heavy (non-hydrogen) atoms. The van der Waals surface area contributed by atoms with E-state index in [-0.39, 0.29) is 0 Å². The van der Waals surface area contributed by atoms with Crippen LogP contribution in [0.25, 0.3) is 11.3 Å². The van der Waals surface area contributed by atoms with Gasteiger partial charge in [-0.1, -0.05) is 0 Å². The number of rotatable bonds is 2. The third-order valence-electron chi connectivity index (χ3n) is 2.63. The van der Waals surface area contributed by atoms with Crippen molar-refractivity contribution in [2.24, 2.45) is 0 Å². The van der Waals surface area contributed by atoms with Crippen LogP contribution in [-0.2, 0) is 0 Å².